The number of piperidine rings is 1. The summed E-state index contributed by atoms with van der Waals surface area (Å²) in [6.45, 7) is 1.01. The summed E-state index contributed by atoms with van der Waals surface area (Å²) in [7, 11) is 0. The molecule has 0 aliphatic carbocycles. The Hall–Kier alpha value is -2.87. The highest BCUT2D eigenvalue weighted by Crippen LogP contribution is 2.33. The first-order chi connectivity index (χ1) is 13.5. The smallest absolute Gasteiger partial charge is 0.275 e. The quantitative estimate of drug-likeness (QED) is 0.794. The molecule has 2 aliphatic rings. The molecule has 2 saturated heterocycles. The highest BCUT2D eigenvalue weighted by atomic mass is 19.1. The SMILES string of the molecule is O=C(c1ncccc1F)N1CCC2(CC1)CN(c1ccc(F)cc1)C(=O)CO2. The number of amides is 2. The molecule has 2 fully saturated rings. The minimum absolute atomic E-state index is 0.0693. The van der Waals surface area contributed by atoms with E-state index in [1.54, 1.807) is 21.9 Å². The van der Waals surface area contributed by atoms with Gasteiger partial charge in [0.15, 0.2) is 11.5 Å². The Balaban J connectivity index is 1.46. The summed E-state index contributed by atoms with van der Waals surface area (Å²) in [5.74, 6) is -1.65. The topological polar surface area (TPSA) is 62.7 Å². The molecule has 146 valence electrons. The van der Waals surface area contributed by atoms with Gasteiger partial charge in [0.1, 0.15) is 12.4 Å². The number of anilines is 1. The second-order valence-corrected chi connectivity index (χ2v) is 7.05. The van der Waals surface area contributed by atoms with E-state index >= 15 is 0 Å². The second kappa shape index (κ2) is 7.27. The molecule has 1 aromatic carbocycles. The van der Waals surface area contributed by atoms with Crippen LogP contribution >= 0.6 is 0 Å². The number of likely N-dealkylation sites (tertiary alicyclic amines) is 1. The average Bonchev–Trinajstić information content (AvgIpc) is 2.71. The number of hydrogen-bond acceptors (Lipinski definition) is 4. The van der Waals surface area contributed by atoms with Crippen LogP contribution in [-0.4, -0.2) is 53.5 Å². The minimum Gasteiger partial charge on any atom is -0.363 e. The maximum absolute atomic E-state index is 13.8. The lowest BCUT2D eigenvalue weighted by Gasteiger charge is -2.46. The molecule has 0 bridgehead atoms. The first kappa shape index (κ1) is 18.5. The van der Waals surface area contributed by atoms with Gasteiger partial charge in [-0.25, -0.2) is 13.8 Å². The number of nitrogens with zero attached hydrogens (tertiary/aromatic N) is 3. The molecule has 1 aromatic heterocycles. The van der Waals surface area contributed by atoms with Crippen molar-refractivity contribution in [3.05, 3.63) is 59.9 Å². The number of rotatable bonds is 2. The van der Waals surface area contributed by atoms with Crippen LogP contribution in [0.1, 0.15) is 23.3 Å². The van der Waals surface area contributed by atoms with Crippen LogP contribution in [0.15, 0.2) is 42.6 Å². The van der Waals surface area contributed by atoms with Crippen molar-refractivity contribution in [2.45, 2.75) is 18.4 Å². The third-order valence-electron chi connectivity index (χ3n) is 5.31. The van der Waals surface area contributed by atoms with E-state index in [9.17, 15) is 18.4 Å². The molecule has 28 heavy (non-hydrogen) atoms. The van der Waals surface area contributed by atoms with E-state index in [0.29, 0.717) is 38.2 Å². The molecule has 0 N–H and O–H groups in total. The van der Waals surface area contributed by atoms with Gasteiger partial charge in [-0.15, -0.1) is 0 Å². The number of carbonyl (C=O) groups is 2. The molecule has 6 nitrogen and oxygen atoms in total. The summed E-state index contributed by atoms with van der Waals surface area (Å²) < 4.78 is 32.9. The van der Waals surface area contributed by atoms with Gasteiger partial charge in [0.2, 0.25) is 0 Å². The molecule has 2 amide bonds. The Labute approximate surface area is 160 Å². The van der Waals surface area contributed by atoms with Gasteiger partial charge in [-0.05, 0) is 49.2 Å². The van der Waals surface area contributed by atoms with Gasteiger partial charge in [-0.2, -0.15) is 0 Å². The fraction of sp³-hybridized carbons (Fsp3) is 0.350. The van der Waals surface area contributed by atoms with Crippen molar-refractivity contribution >= 4 is 17.5 Å². The molecule has 0 saturated carbocycles. The van der Waals surface area contributed by atoms with Crippen LogP contribution in [0.5, 0.6) is 0 Å². The van der Waals surface area contributed by atoms with E-state index in [0.717, 1.165) is 0 Å². The second-order valence-electron chi connectivity index (χ2n) is 7.05. The van der Waals surface area contributed by atoms with Gasteiger partial charge in [-0.1, -0.05) is 0 Å². The number of pyridine rings is 1. The van der Waals surface area contributed by atoms with Gasteiger partial charge < -0.3 is 14.5 Å². The molecule has 1 spiro atoms. The predicted octanol–water partition coefficient (Wildman–Crippen LogP) is 2.40. The van der Waals surface area contributed by atoms with Crippen LogP contribution in [0.2, 0.25) is 0 Å². The summed E-state index contributed by atoms with van der Waals surface area (Å²) in [5.41, 5.74) is -0.156. The molecule has 8 heteroatoms. The van der Waals surface area contributed by atoms with E-state index in [2.05, 4.69) is 4.98 Å². The number of aromatic nitrogens is 1. The molecule has 0 atom stereocenters. The van der Waals surface area contributed by atoms with Crippen molar-refractivity contribution in [3.63, 3.8) is 0 Å². The Bertz CT molecular complexity index is 896. The Morgan fingerprint density at radius 3 is 2.50 bits per heavy atom. The normalized spacial score (nSPS) is 19.1. The lowest BCUT2D eigenvalue weighted by atomic mass is 9.89. The predicted molar refractivity (Wildman–Crippen MR) is 96.8 cm³/mol. The van der Waals surface area contributed by atoms with Gasteiger partial charge in [0.05, 0.1) is 12.1 Å². The molecule has 4 rings (SSSR count). The third-order valence-corrected chi connectivity index (χ3v) is 5.31. The monoisotopic (exact) mass is 387 g/mol. The van der Waals surface area contributed by atoms with Crippen molar-refractivity contribution in [2.75, 3.05) is 31.1 Å². The van der Waals surface area contributed by atoms with E-state index in [1.165, 1.54) is 30.5 Å². The van der Waals surface area contributed by atoms with E-state index in [1.807, 2.05) is 0 Å². The molecule has 3 heterocycles. The van der Waals surface area contributed by atoms with E-state index in [4.69, 9.17) is 4.74 Å². The largest absolute Gasteiger partial charge is 0.363 e. The van der Waals surface area contributed by atoms with Crippen LogP contribution in [-0.2, 0) is 9.53 Å². The Morgan fingerprint density at radius 2 is 1.82 bits per heavy atom. The van der Waals surface area contributed by atoms with Gasteiger partial charge in [0.25, 0.3) is 11.8 Å². The van der Waals surface area contributed by atoms with Gasteiger partial charge >= 0.3 is 0 Å². The average molecular weight is 387 g/mol. The van der Waals surface area contributed by atoms with E-state index in [-0.39, 0.29) is 24.0 Å². The summed E-state index contributed by atoms with van der Waals surface area (Å²) in [6.07, 6.45) is 2.41. The zero-order chi connectivity index (χ0) is 19.7. The fourth-order valence-electron chi connectivity index (χ4n) is 3.68. The van der Waals surface area contributed by atoms with Crippen molar-refractivity contribution in [1.29, 1.82) is 0 Å². The van der Waals surface area contributed by atoms with Crippen LogP contribution in [0.25, 0.3) is 0 Å². The molecule has 2 aliphatic heterocycles. The number of morpholine rings is 1. The molecular weight excluding hydrogens is 368 g/mol. The first-order valence-corrected chi connectivity index (χ1v) is 9.07. The van der Waals surface area contributed by atoms with Crippen molar-refractivity contribution in [3.8, 4) is 0 Å². The number of ether oxygens (including phenoxy) is 1. The fourth-order valence-corrected chi connectivity index (χ4v) is 3.68. The van der Waals surface area contributed by atoms with Crippen LogP contribution < -0.4 is 4.90 Å². The van der Waals surface area contributed by atoms with Crippen molar-refractivity contribution < 1.29 is 23.1 Å². The summed E-state index contributed by atoms with van der Waals surface area (Å²) >= 11 is 0. The van der Waals surface area contributed by atoms with E-state index < -0.39 is 17.3 Å². The third kappa shape index (κ3) is 3.47. The number of benzene rings is 1. The van der Waals surface area contributed by atoms with Gasteiger partial charge in [-0.3, -0.25) is 9.59 Å². The van der Waals surface area contributed by atoms with Crippen LogP contribution in [0, 0.1) is 11.6 Å². The summed E-state index contributed by atoms with van der Waals surface area (Å²) in [5, 5.41) is 0. The Morgan fingerprint density at radius 1 is 1.11 bits per heavy atom. The van der Waals surface area contributed by atoms with Crippen molar-refractivity contribution in [1.82, 2.24) is 9.88 Å². The summed E-state index contributed by atoms with van der Waals surface area (Å²) in [4.78, 5) is 31.8. The Kier molecular flexibility index (Phi) is 4.80. The number of hydrogen-bond donors (Lipinski definition) is 0. The standard InChI is InChI=1S/C20H19F2N3O3/c21-14-3-5-15(6-4-14)25-13-20(28-12-17(25)26)7-10-24(11-8-20)19(27)18-16(22)2-1-9-23-18/h1-6,9H,7-8,10-13H2. The lowest BCUT2D eigenvalue weighted by Crippen LogP contribution is -2.59. The minimum atomic E-state index is -0.644. The maximum atomic E-state index is 13.8. The zero-order valence-electron chi connectivity index (χ0n) is 15.1. The number of halogens is 2. The molecule has 0 radical (unpaired) electrons. The summed E-state index contributed by atoms with van der Waals surface area (Å²) in [6, 6.07) is 8.40. The van der Waals surface area contributed by atoms with Crippen LogP contribution in [0.4, 0.5) is 14.5 Å². The lowest BCUT2D eigenvalue weighted by molar-refractivity contribution is -0.143. The number of carbonyl (C=O) groups excluding carboxylic acids is 2. The highest BCUT2D eigenvalue weighted by Gasteiger charge is 2.43. The van der Waals surface area contributed by atoms with Gasteiger partial charge in [0, 0.05) is 25.0 Å². The molecular formula is C20H19F2N3O3. The van der Waals surface area contributed by atoms with Crippen LogP contribution in [0.3, 0.4) is 0 Å². The maximum Gasteiger partial charge on any atom is 0.275 e. The molecule has 2 aromatic rings. The molecule has 0 unspecified atom stereocenters. The van der Waals surface area contributed by atoms with Crippen molar-refractivity contribution in [2.24, 2.45) is 0 Å². The highest BCUT2D eigenvalue weighted by molar-refractivity contribution is 5.95. The zero-order valence-corrected chi connectivity index (χ0v) is 15.1. The first-order valence-electron chi connectivity index (χ1n) is 9.07.